The van der Waals surface area contributed by atoms with E-state index in [2.05, 4.69) is 36.6 Å². The number of aromatic amines is 1. The number of aromatic nitrogens is 2. The number of nitrogens with zero attached hydrogens (tertiary/aromatic N) is 1. The smallest absolute Gasteiger partial charge is 0.326 e. The molecule has 0 aliphatic rings. The van der Waals surface area contributed by atoms with Crippen molar-refractivity contribution in [3.8, 4) is 0 Å². The van der Waals surface area contributed by atoms with Crippen LogP contribution in [0.15, 0.2) is 42.9 Å². The fourth-order valence-electron chi connectivity index (χ4n) is 4.89. The Balaban J connectivity index is 2.31. The molecule has 0 aliphatic heterocycles. The first-order chi connectivity index (χ1) is 23.5. The maximum absolute atomic E-state index is 13.8. The minimum atomic E-state index is -1.43. The third-order valence-electron chi connectivity index (χ3n) is 7.55. The summed E-state index contributed by atoms with van der Waals surface area (Å²) in [4.78, 5) is 96.7. The van der Waals surface area contributed by atoms with E-state index in [1.807, 2.05) is 13.8 Å². The summed E-state index contributed by atoms with van der Waals surface area (Å²) in [6.07, 6.45) is 2.29. The molecule has 1 aromatic heterocycles. The number of primary amides is 1. The van der Waals surface area contributed by atoms with Gasteiger partial charge >= 0.3 is 5.97 Å². The average Bonchev–Trinajstić information content (AvgIpc) is 3.55. The van der Waals surface area contributed by atoms with Gasteiger partial charge in [-0.3, -0.25) is 28.8 Å². The van der Waals surface area contributed by atoms with E-state index in [-0.39, 0.29) is 25.2 Å². The van der Waals surface area contributed by atoms with E-state index in [0.717, 1.165) is 0 Å². The van der Waals surface area contributed by atoms with Crippen molar-refractivity contribution in [3.63, 3.8) is 0 Å². The molecule has 0 bridgehead atoms. The zero-order valence-corrected chi connectivity index (χ0v) is 28.9. The van der Waals surface area contributed by atoms with E-state index in [0.29, 0.717) is 11.3 Å². The Morgan fingerprint density at radius 3 is 1.82 bits per heavy atom. The Labute approximate surface area is 290 Å². The summed E-state index contributed by atoms with van der Waals surface area (Å²) in [6, 6.07) is 1.33. The summed E-state index contributed by atoms with van der Waals surface area (Å²) in [5, 5.41) is 22.4. The second kappa shape index (κ2) is 19.6. The van der Waals surface area contributed by atoms with E-state index < -0.39 is 90.0 Å². The first kappa shape index (κ1) is 40.9. The molecule has 0 saturated carbocycles. The lowest BCUT2D eigenvalue weighted by molar-refractivity contribution is -0.142. The van der Waals surface area contributed by atoms with Crippen LogP contribution in [0.1, 0.15) is 58.7 Å². The molecule has 17 nitrogen and oxygen atoms in total. The van der Waals surface area contributed by atoms with Crippen molar-refractivity contribution in [2.75, 3.05) is 0 Å². The van der Waals surface area contributed by atoms with Gasteiger partial charge in [-0.05, 0) is 30.7 Å². The van der Waals surface area contributed by atoms with Gasteiger partial charge in [0.05, 0.1) is 18.8 Å². The summed E-state index contributed by atoms with van der Waals surface area (Å²) in [5.41, 5.74) is 12.1. The lowest BCUT2D eigenvalue weighted by atomic mass is 9.98. The zero-order valence-electron chi connectivity index (χ0n) is 28.9. The first-order valence-corrected chi connectivity index (χ1v) is 16.3. The van der Waals surface area contributed by atoms with Crippen LogP contribution in [0, 0.1) is 11.8 Å². The summed E-state index contributed by atoms with van der Waals surface area (Å²) < 4.78 is 0. The van der Waals surface area contributed by atoms with Gasteiger partial charge < -0.3 is 48.1 Å². The summed E-state index contributed by atoms with van der Waals surface area (Å²) in [7, 11) is 0. The number of benzene rings is 1. The van der Waals surface area contributed by atoms with Crippen molar-refractivity contribution in [1.29, 1.82) is 0 Å². The average molecular weight is 700 g/mol. The van der Waals surface area contributed by atoms with Crippen LogP contribution in [0.5, 0.6) is 0 Å². The minimum Gasteiger partial charge on any atom is -0.480 e. The molecule has 274 valence electrons. The topological polar surface area (TPSA) is 281 Å². The Hall–Kier alpha value is -5.32. The van der Waals surface area contributed by atoms with Crippen LogP contribution in [-0.2, 0) is 46.4 Å². The molecule has 2 rings (SSSR count). The van der Waals surface area contributed by atoms with Crippen LogP contribution in [0.4, 0.5) is 0 Å². The molecule has 11 N–H and O–H groups in total. The van der Waals surface area contributed by atoms with Gasteiger partial charge in [0.15, 0.2) is 0 Å². The van der Waals surface area contributed by atoms with E-state index in [1.165, 1.54) is 19.4 Å². The lowest BCUT2D eigenvalue weighted by Crippen LogP contribution is -2.60. The summed E-state index contributed by atoms with van der Waals surface area (Å²) in [5.74, 6) is -6.55. The van der Waals surface area contributed by atoms with E-state index in [9.17, 15) is 38.7 Å². The molecule has 0 saturated heterocycles. The SMILES string of the molecule is CC(C)CC(NC(=O)C(Cc1ccccc1)NC(=O)C(CC(N)=O)NC(=O)C(C)N)C(=O)NC(C(=O)NC(Cc1cnc[nH]1)C(=O)O)C(C)C. The predicted octanol–water partition coefficient (Wildman–Crippen LogP) is -1.37. The molecule has 6 amide bonds. The number of H-pyrrole nitrogens is 1. The van der Waals surface area contributed by atoms with Gasteiger partial charge in [0, 0.05) is 24.7 Å². The minimum absolute atomic E-state index is 0.0249. The maximum atomic E-state index is 13.8. The number of carbonyl (C=O) groups excluding carboxylic acids is 6. The molecule has 50 heavy (non-hydrogen) atoms. The summed E-state index contributed by atoms with van der Waals surface area (Å²) >= 11 is 0. The fraction of sp³-hybridized carbons (Fsp3) is 0.515. The highest BCUT2D eigenvalue weighted by Crippen LogP contribution is 2.11. The second-order valence-corrected chi connectivity index (χ2v) is 12.9. The molecule has 0 fully saturated rings. The van der Waals surface area contributed by atoms with Crippen LogP contribution in [0.25, 0.3) is 0 Å². The molecular formula is C33H49N9O8. The molecule has 2 aromatic rings. The van der Waals surface area contributed by atoms with Crippen LogP contribution in [0.2, 0.25) is 0 Å². The van der Waals surface area contributed by atoms with Crippen molar-refractivity contribution in [2.45, 2.75) is 96.6 Å². The largest absolute Gasteiger partial charge is 0.480 e. The van der Waals surface area contributed by atoms with Gasteiger partial charge in [-0.1, -0.05) is 58.0 Å². The number of carbonyl (C=O) groups is 7. The Morgan fingerprint density at radius 2 is 1.30 bits per heavy atom. The fourth-order valence-corrected chi connectivity index (χ4v) is 4.89. The van der Waals surface area contributed by atoms with Crippen LogP contribution >= 0.6 is 0 Å². The van der Waals surface area contributed by atoms with Gasteiger partial charge in [0.1, 0.15) is 30.2 Å². The number of carboxylic acids is 1. The van der Waals surface area contributed by atoms with Gasteiger partial charge in [-0.2, -0.15) is 0 Å². The molecular weight excluding hydrogens is 650 g/mol. The third-order valence-corrected chi connectivity index (χ3v) is 7.55. The molecule has 6 unspecified atom stereocenters. The van der Waals surface area contributed by atoms with Crippen molar-refractivity contribution in [1.82, 2.24) is 36.6 Å². The predicted molar refractivity (Wildman–Crippen MR) is 181 cm³/mol. The highest BCUT2D eigenvalue weighted by atomic mass is 16.4. The molecule has 1 heterocycles. The molecule has 6 atom stereocenters. The number of aliphatic carboxylic acids is 1. The molecule has 1 aromatic carbocycles. The highest BCUT2D eigenvalue weighted by Gasteiger charge is 2.34. The number of rotatable bonds is 20. The van der Waals surface area contributed by atoms with E-state index in [1.54, 1.807) is 44.2 Å². The standard InChI is InChI=1S/C33H49N9O8/c1-17(2)11-22(31(47)42-27(18(3)4)32(48)41-25(33(49)50)13-21-15-36-16-37-21)39-29(45)23(12-20-9-7-6-8-10-20)40-30(46)24(14-26(35)43)38-28(44)19(5)34/h6-10,15-19,22-25,27H,11-14,34H2,1-5H3,(H2,35,43)(H,36,37)(H,38,44)(H,39,45)(H,40,46)(H,41,48)(H,42,47)(H,49,50). The quantitative estimate of drug-likeness (QED) is 0.0782. The monoisotopic (exact) mass is 699 g/mol. The normalized spacial score (nSPS) is 14.7. The van der Waals surface area contributed by atoms with Gasteiger partial charge in [0.25, 0.3) is 0 Å². The number of hydrogen-bond acceptors (Lipinski definition) is 9. The highest BCUT2D eigenvalue weighted by molar-refractivity contribution is 5.97. The number of amides is 6. The van der Waals surface area contributed by atoms with Crippen molar-refractivity contribution in [3.05, 3.63) is 54.1 Å². The number of hydrogen-bond donors (Lipinski definition) is 9. The zero-order chi connectivity index (χ0) is 37.5. The summed E-state index contributed by atoms with van der Waals surface area (Å²) in [6.45, 7) is 8.38. The lowest BCUT2D eigenvalue weighted by Gasteiger charge is -2.28. The second-order valence-electron chi connectivity index (χ2n) is 12.9. The maximum Gasteiger partial charge on any atom is 0.326 e. The van der Waals surface area contributed by atoms with Gasteiger partial charge in [0.2, 0.25) is 35.4 Å². The number of carboxylic acid groups (broad SMARTS) is 1. The Morgan fingerprint density at radius 1 is 0.740 bits per heavy atom. The van der Waals surface area contributed by atoms with Crippen molar-refractivity contribution >= 4 is 41.4 Å². The Bertz CT molecular complexity index is 1460. The molecule has 0 spiro atoms. The molecule has 0 radical (unpaired) electrons. The van der Waals surface area contributed by atoms with Crippen molar-refractivity contribution in [2.24, 2.45) is 23.3 Å². The molecule has 0 aliphatic carbocycles. The van der Waals surface area contributed by atoms with Crippen LogP contribution in [0.3, 0.4) is 0 Å². The van der Waals surface area contributed by atoms with E-state index in [4.69, 9.17) is 11.5 Å². The molecule has 17 heteroatoms. The van der Waals surface area contributed by atoms with Crippen LogP contribution < -0.4 is 38.1 Å². The number of imidazole rings is 1. The number of nitrogens with one attached hydrogen (secondary N) is 6. The van der Waals surface area contributed by atoms with Crippen molar-refractivity contribution < 1.29 is 38.7 Å². The first-order valence-electron chi connectivity index (χ1n) is 16.3. The third kappa shape index (κ3) is 13.7. The van der Waals surface area contributed by atoms with Gasteiger partial charge in [-0.15, -0.1) is 0 Å². The van der Waals surface area contributed by atoms with E-state index >= 15 is 0 Å². The number of nitrogens with two attached hydrogens (primary N) is 2. The Kier molecular flexibility index (Phi) is 16.0. The van der Waals surface area contributed by atoms with Gasteiger partial charge in [-0.25, -0.2) is 9.78 Å². The van der Waals surface area contributed by atoms with Crippen LogP contribution in [-0.4, -0.2) is 92.7 Å².